The number of sulfonamides is 1. The zero-order chi connectivity index (χ0) is 32.7. The Hall–Kier alpha value is -5.58. The maximum absolute atomic E-state index is 13.5. The number of hydrogen-bond acceptors (Lipinski definition) is 11. The first-order valence-electron chi connectivity index (χ1n) is 13.3. The summed E-state index contributed by atoms with van der Waals surface area (Å²) in [4.78, 5) is 38.2. The van der Waals surface area contributed by atoms with Gasteiger partial charge in [-0.05, 0) is 60.3 Å². The van der Waals surface area contributed by atoms with Gasteiger partial charge >= 0.3 is 0 Å². The number of nitrogens with one attached hydrogen (secondary N) is 1. The number of thioether (sulfide) groups is 1. The molecule has 46 heavy (non-hydrogen) atoms. The molecule has 16 heteroatoms. The smallest absolute Gasteiger partial charge is 0.270 e. The number of amidine groups is 1. The van der Waals surface area contributed by atoms with Crippen molar-refractivity contribution < 1.29 is 32.1 Å². The fourth-order valence-corrected chi connectivity index (χ4v) is 5.53. The van der Waals surface area contributed by atoms with Crippen LogP contribution in [0.15, 0.2) is 116 Å². The Kier molecular flexibility index (Phi) is 9.70. The molecule has 0 spiro atoms. The van der Waals surface area contributed by atoms with Crippen molar-refractivity contribution >= 4 is 62.4 Å². The molecule has 1 aliphatic rings. The largest absolute Gasteiger partial charge is 0.483 e. The minimum atomic E-state index is -3.86. The lowest BCUT2D eigenvalue weighted by molar-refractivity contribution is -0.384. The van der Waals surface area contributed by atoms with E-state index in [4.69, 9.17) is 14.3 Å². The van der Waals surface area contributed by atoms with Gasteiger partial charge in [-0.3, -0.25) is 24.6 Å². The molecule has 0 aliphatic carbocycles. The van der Waals surface area contributed by atoms with Crippen LogP contribution < -0.4 is 15.2 Å². The van der Waals surface area contributed by atoms with E-state index in [1.807, 2.05) is 0 Å². The van der Waals surface area contributed by atoms with Gasteiger partial charge in [0.15, 0.2) is 11.8 Å². The first-order chi connectivity index (χ1) is 22.1. The molecule has 4 aromatic rings. The predicted molar refractivity (Wildman–Crippen MR) is 171 cm³/mol. The number of nitrogens with two attached hydrogens (primary N) is 1. The van der Waals surface area contributed by atoms with Crippen molar-refractivity contribution in [3.8, 4) is 5.75 Å². The predicted octanol–water partition coefficient (Wildman–Crippen LogP) is 4.36. The highest BCUT2D eigenvalue weighted by atomic mass is 32.2. The van der Waals surface area contributed by atoms with E-state index < -0.39 is 20.9 Å². The Bertz CT molecular complexity index is 1970. The van der Waals surface area contributed by atoms with Gasteiger partial charge in [0.05, 0.1) is 33.7 Å². The summed E-state index contributed by atoms with van der Waals surface area (Å²) in [6, 6.07) is 21.5. The molecule has 3 aromatic carbocycles. The van der Waals surface area contributed by atoms with Gasteiger partial charge in [0.25, 0.3) is 17.5 Å². The quantitative estimate of drug-likeness (QED) is 0.101. The Balaban J connectivity index is 1.32. The van der Waals surface area contributed by atoms with Crippen LogP contribution in [0, 0.1) is 10.1 Å². The molecule has 234 valence electrons. The molecule has 0 atom stereocenters. The molecule has 2 heterocycles. The van der Waals surface area contributed by atoms with E-state index in [9.17, 15) is 28.1 Å². The second-order valence-electron chi connectivity index (χ2n) is 9.50. The molecular weight excluding hydrogens is 636 g/mol. The second kappa shape index (κ2) is 14.0. The van der Waals surface area contributed by atoms with Crippen LogP contribution in [0.3, 0.4) is 0 Å². The second-order valence-corrected chi connectivity index (χ2v) is 12.1. The molecule has 0 bridgehead atoms. The number of nitro groups is 1. The lowest BCUT2D eigenvalue weighted by Crippen LogP contribution is -2.28. The number of para-hydroxylation sites is 1. The molecule has 3 N–H and O–H groups in total. The number of primary sulfonamides is 1. The van der Waals surface area contributed by atoms with E-state index >= 15 is 0 Å². The number of nitrogens with zero attached hydrogens (tertiary/aromatic N) is 4. The average molecular weight is 661 g/mol. The fraction of sp³-hybridized carbons (Fsp3) is 0.0667. The monoisotopic (exact) mass is 660 g/mol. The van der Waals surface area contributed by atoms with Crippen LogP contribution in [-0.2, 0) is 26.2 Å². The SMILES string of the molecule is NS(=O)(=O)c1ccc(NC(=O)COc2ccccc2/C=C2\S/C(=N/N=C\c3cccc([N+](=O)[O-])c3)N(Cc3ccco3)C2=O)cc1. The Morgan fingerprint density at radius 1 is 1.09 bits per heavy atom. The van der Waals surface area contributed by atoms with Gasteiger partial charge < -0.3 is 14.5 Å². The molecule has 5 rings (SSSR count). The number of hydrogen-bond donors (Lipinski definition) is 2. The van der Waals surface area contributed by atoms with Gasteiger partial charge in [-0.1, -0.05) is 30.3 Å². The van der Waals surface area contributed by atoms with E-state index in [0.717, 1.165) is 11.8 Å². The van der Waals surface area contributed by atoms with Crippen LogP contribution in [0.5, 0.6) is 5.75 Å². The highest BCUT2D eigenvalue weighted by molar-refractivity contribution is 8.18. The maximum atomic E-state index is 13.5. The molecule has 1 aliphatic heterocycles. The van der Waals surface area contributed by atoms with Crippen LogP contribution >= 0.6 is 11.8 Å². The molecular formula is C30H24N6O8S2. The van der Waals surface area contributed by atoms with Crippen LogP contribution in [0.25, 0.3) is 6.08 Å². The fourth-order valence-electron chi connectivity index (χ4n) is 4.08. The number of carbonyl (C=O) groups is 2. The van der Waals surface area contributed by atoms with Crippen molar-refractivity contribution in [1.29, 1.82) is 0 Å². The number of furan rings is 1. The summed E-state index contributed by atoms with van der Waals surface area (Å²) >= 11 is 1.06. The molecule has 0 saturated carbocycles. The lowest BCUT2D eigenvalue weighted by Gasteiger charge is -2.12. The van der Waals surface area contributed by atoms with Crippen molar-refractivity contribution in [2.75, 3.05) is 11.9 Å². The number of amides is 2. The highest BCUT2D eigenvalue weighted by Gasteiger charge is 2.34. The first-order valence-corrected chi connectivity index (χ1v) is 15.7. The summed E-state index contributed by atoms with van der Waals surface area (Å²) in [5.41, 5.74) is 1.23. The number of nitro benzene ring substituents is 1. The van der Waals surface area contributed by atoms with Crippen LogP contribution in [0.1, 0.15) is 16.9 Å². The Morgan fingerprint density at radius 3 is 2.59 bits per heavy atom. The van der Waals surface area contributed by atoms with E-state index in [1.54, 1.807) is 48.5 Å². The molecule has 0 radical (unpaired) electrons. The van der Waals surface area contributed by atoms with Crippen molar-refractivity contribution in [1.82, 2.24) is 4.90 Å². The van der Waals surface area contributed by atoms with Gasteiger partial charge in [0.1, 0.15) is 11.5 Å². The third-order valence-electron chi connectivity index (χ3n) is 6.24. The zero-order valence-corrected chi connectivity index (χ0v) is 25.3. The van der Waals surface area contributed by atoms with Crippen molar-refractivity contribution in [3.05, 3.63) is 123 Å². The zero-order valence-electron chi connectivity index (χ0n) is 23.7. The van der Waals surface area contributed by atoms with Crippen molar-refractivity contribution in [3.63, 3.8) is 0 Å². The number of carbonyl (C=O) groups excluding carboxylic acids is 2. The minimum Gasteiger partial charge on any atom is -0.483 e. The topological polar surface area (TPSA) is 200 Å². The summed E-state index contributed by atoms with van der Waals surface area (Å²) in [5, 5.41) is 27.3. The molecule has 1 fully saturated rings. The van der Waals surface area contributed by atoms with E-state index in [1.165, 1.54) is 59.8 Å². The minimum absolute atomic E-state index is 0.0812. The Labute approximate surface area is 266 Å². The van der Waals surface area contributed by atoms with Crippen molar-refractivity contribution in [2.45, 2.75) is 11.4 Å². The van der Waals surface area contributed by atoms with Crippen LogP contribution in [-0.4, -0.2) is 48.0 Å². The summed E-state index contributed by atoms with van der Waals surface area (Å²) in [6.45, 7) is -0.292. The third kappa shape index (κ3) is 8.12. The van der Waals surface area contributed by atoms with Gasteiger partial charge in [-0.25, -0.2) is 13.6 Å². The van der Waals surface area contributed by atoms with Crippen molar-refractivity contribution in [2.24, 2.45) is 15.3 Å². The molecule has 14 nitrogen and oxygen atoms in total. The summed E-state index contributed by atoms with van der Waals surface area (Å²) < 4.78 is 34.1. The number of anilines is 1. The number of rotatable bonds is 11. The molecule has 1 saturated heterocycles. The molecule has 0 unspecified atom stereocenters. The Morgan fingerprint density at radius 2 is 1.87 bits per heavy atom. The highest BCUT2D eigenvalue weighted by Crippen LogP contribution is 2.35. The normalized spacial score (nSPS) is 15.2. The van der Waals surface area contributed by atoms with Gasteiger partial charge in [-0.15, -0.1) is 5.10 Å². The number of ether oxygens (including phenoxy) is 1. The summed E-state index contributed by atoms with van der Waals surface area (Å²) in [5.74, 6) is -0.0339. The number of non-ortho nitro benzene ring substituents is 1. The van der Waals surface area contributed by atoms with Gasteiger partial charge in [0, 0.05) is 28.9 Å². The van der Waals surface area contributed by atoms with Gasteiger partial charge in [-0.2, -0.15) is 5.10 Å². The van der Waals surface area contributed by atoms with Crippen LogP contribution in [0.2, 0.25) is 0 Å². The van der Waals surface area contributed by atoms with Gasteiger partial charge in [0.2, 0.25) is 10.0 Å². The standard InChI is InChI=1S/C30H24N6O8S2/c31-46(41,42)25-12-10-22(11-13-25)33-28(37)19-44-26-9-2-1-6-21(26)16-27-29(38)35(18-24-8-4-14-43-24)30(45-27)34-32-17-20-5-3-7-23(15-20)36(39)40/h1-17H,18-19H2,(H,33,37)(H2,31,41,42)/b27-16-,32-17-,34-30+. The van der Waals surface area contributed by atoms with E-state index in [2.05, 4.69) is 15.5 Å². The lowest BCUT2D eigenvalue weighted by atomic mass is 10.2. The van der Waals surface area contributed by atoms with Crippen LogP contribution in [0.4, 0.5) is 11.4 Å². The molecule has 2 amide bonds. The van der Waals surface area contributed by atoms with E-state index in [0.29, 0.717) is 33.2 Å². The summed E-state index contributed by atoms with van der Waals surface area (Å²) in [6.07, 6.45) is 4.44. The first kappa shape index (κ1) is 31.8. The average Bonchev–Trinajstić information content (AvgIpc) is 3.65. The third-order valence-corrected chi connectivity index (χ3v) is 8.17. The summed E-state index contributed by atoms with van der Waals surface area (Å²) in [7, 11) is -3.86. The molecule has 1 aromatic heterocycles. The maximum Gasteiger partial charge on any atom is 0.270 e. The van der Waals surface area contributed by atoms with E-state index in [-0.39, 0.29) is 34.8 Å². The number of benzene rings is 3.